The quantitative estimate of drug-likeness (QED) is 0.180. The number of unbranched alkanes of at least 4 members (excludes halogenated alkanes) is 6. The molecule has 0 aliphatic rings. The number of rotatable bonds is 13. The first kappa shape index (κ1) is 19.9. The van der Waals surface area contributed by atoms with Crippen LogP contribution in [0.25, 0.3) is 0 Å². The Morgan fingerprint density at radius 1 is 1.19 bits per heavy atom. The molecule has 2 unspecified atom stereocenters. The van der Waals surface area contributed by atoms with Gasteiger partial charge in [-0.15, -0.1) is 6.58 Å². The van der Waals surface area contributed by atoms with Crippen LogP contribution in [0.15, 0.2) is 25.3 Å². The van der Waals surface area contributed by atoms with Gasteiger partial charge in [0.2, 0.25) is 6.29 Å². The summed E-state index contributed by atoms with van der Waals surface area (Å²) in [7, 11) is 0. The van der Waals surface area contributed by atoms with E-state index in [1.165, 1.54) is 31.8 Å². The SMILES string of the molecule is C=CCC(O)(CCCCCCCCC)C(O)OC(=O)C=C. The number of carbonyl (C=O) groups excluding carboxylic acids is 1. The summed E-state index contributed by atoms with van der Waals surface area (Å²) in [5.41, 5.74) is -1.47. The molecule has 2 N–H and O–H groups in total. The standard InChI is InChI=1S/C17H30O4/c1-4-7-8-9-10-11-12-14-17(20,13-5-2)16(19)21-15(18)6-3/h5-6,16,19-20H,2-4,7-14H2,1H3. The van der Waals surface area contributed by atoms with E-state index in [9.17, 15) is 15.0 Å². The maximum absolute atomic E-state index is 11.1. The number of aliphatic hydroxyl groups is 2. The van der Waals surface area contributed by atoms with Gasteiger partial charge < -0.3 is 14.9 Å². The highest BCUT2D eigenvalue weighted by molar-refractivity contribution is 5.81. The third kappa shape index (κ3) is 8.68. The second-order valence-corrected chi connectivity index (χ2v) is 5.46. The van der Waals surface area contributed by atoms with E-state index in [0.29, 0.717) is 6.42 Å². The highest BCUT2D eigenvalue weighted by atomic mass is 16.6. The monoisotopic (exact) mass is 298 g/mol. The van der Waals surface area contributed by atoms with Crippen molar-refractivity contribution in [3.8, 4) is 0 Å². The third-order valence-electron chi connectivity index (χ3n) is 3.57. The molecule has 0 aliphatic heterocycles. The Hall–Kier alpha value is -1.13. The molecule has 21 heavy (non-hydrogen) atoms. The molecule has 2 atom stereocenters. The van der Waals surface area contributed by atoms with Crippen molar-refractivity contribution in [3.63, 3.8) is 0 Å². The molecule has 0 aromatic carbocycles. The Balaban J connectivity index is 4.16. The van der Waals surface area contributed by atoms with Crippen LogP contribution in [0.2, 0.25) is 0 Å². The molecule has 0 amide bonds. The molecule has 0 saturated heterocycles. The number of esters is 1. The van der Waals surface area contributed by atoms with Crippen molar-refractivity contribution in [1.29, 1.82) is 0 Å². The Labute approximate surface area is 128 Å². The van der Waals surface area contributed by atoms with Gasteiger partial charge in [0.1, 0.15) is 5.60 Å². The van der Waals surface area contributed by atoms with Crippen molar-refractivity contribution in [2.45, 2.75) is 76.6 Å². The van der Waals surface area contributed by atoms with E-state index < -0.39 is 17.9 Å². The average Bonchev–Trinajstić information content (AvgIpc) is 2.46. The van der Waals surface area contributed by atoms with Crippen LogP contribution in [-0.4, -0.2) is 28.1 Å². The molecule has 0 radical (unpaired) electrons. The number of ether oxygens (including phenoxy) is 1. The predicted molar refractivity (Wildman–Crippen MR) is 84.7 cm³/mol. The minimum atomic E-state index is -1.55. The minimum absolute atomic E-state index is 0.175. The van der Waals surface area contributed by atoms with Crippen molar-refractivity contribution >= 4 is 5.97 Å². The van der Waals surface area contributed by atoms with Gasteiger partial charge in [-0.05, 0) is 12.8 Å². The molecule has 0 spiro atoms. The highest BCUT2D eigenvalue weighted by Crippen LogP contribution is 2.25. The summed E-state index contributed by atoms with van der Waals surface area (Å²) in [5.74, 6) is -0.746. The van der Waals surface area contributed by atoms with Crippen LogP contribution in [0.4, 0.5) is 0 Å². The highest BCUT2D eigenvalue weighted by Gasteiger charge is 2.36. The van der Waals surface area contributed by atoms with E-state index in [2.05, 4.69) is 20.1 Å². The second-order valence-electron chi connectivity index (χ2n) is 5.46. The van der Waals surface area contributed by atoms with Crippen LogP contribution in [0.3, 0.4) is 0 Å². The van der Waals surface area contributed by atoms with Crippen LogP contribution in [0.5, 0.6) is 0 Å². The van der Waals surface area contributed by atoms with Gasteiger partial charge in [0, 0.05) is 6.08 Å². The zero-order chi connectivity index (χ0) is 16.1. The number of aliphatic hydroxyl groups excluding tert-OH is 1. The zero-order valence-electron chi connectivity index (χ0n) is 13.2. The van der Waals surface area contributed by atoms with E-state index in [-0.39, 0.29) is 6.42 Å². The van der Waals surface area contributed by atoms with Crippen molar-refractivity contribution in [2.75, 3.05) is 0 Å². The molecule has 4 heteroatoms. The summed E-state index contributed by atoms with van der Waals surface area (Å²) in [6.45, 7) is 9.02. The summed E-state index contributed by atoms with van der Waals surface area (Å²) in [6, 6.07) is 0. The maximum Gasteiger partial charge on any atom is 0.332 e. The maximum atomic E-state index is 11.1. The summed E-state index contributed by atoms with van der Waals surface area (Å²) in [6.07, 6.45) is 9.29. The molecular formula is C17H30O4. The Bertz CT molecular complexity index is 314. The fourth-order valence-electron chi connectivity index (χ4n) is 2.23. The molecule has 0 aromatic heterocycles. The second kappa shape index (κ2) is 11.5. The van der Waals surface area contributed by atoms with Crippen molar-refractivity contribution in [1.82, 2.24) is 0 Å². The first-order valence-electron chi connectivity index (χ1n) is 7.84. The van der Waals surface area contributed by atoms with Crippen LogP contribution >= 0.6 is 0 Å². The van der Waals surface area contributed by atoms with E-state index in [0.717, 1.165) is 25.3 Å². The van der Waals surface area contributed by atoms with Gasteiger partial charge in [0.05, 0.1) is 0 Å². The summed E-state index contributed by atoms with van der Waals surface area (Å²) in [4.78, 5) is 11.1. The lowest BCUT2D eigenvalue weighted by Gasteiger charge is -2.31. The lowest BCUT2D eigenvalue weighted by Crippen LogP contribution is -2.44. The van der Waals surface area contributed by atoms with Gasteiger partial charge in [0.15, 0.2) is 0 Å². The number of hydrogen-bond acceptors (Lipinski definition) is 4. The molecule has 0 aliphatic carbocycles. The fourth-order valence-corrected chi connectivity index (χ4v) is 2.23. The normalized spacial score (nSPS) is 15.0. The molecule has 0 saturated carbocycles. The first-order valence-corrected chi connectivity index (χ1v) is 7.84. The van der Waals surface area contributed by atoms with E-state index in [1.807, 2.05) is 0 Å². The number of carbonyl (C=O) groups is 1. The van der Waals surface area contributed by atoms with Gasteiger partial charge >= 0.3 is 5.97 Å². The van der Waals surface area contributed by atoms with Gasteiger partial charge in [0.25, 0.3) is 0 Å². The topological polar surface area (TPSA) is 66.8 Å². The summed E-state index contributed by atoms with van der Waals surface area (Å²) in [5, 5.41) is 20.3. The Kier molecular flexibility index (Phi) is 10.9. The van der Waals surface area contributed by atoms with Crippen molar-refractivity contribution in [2.24, 2.45) is 0 Å². The zero-order valence-corrected chi connectivity index (χ0v) is 13.2. The van der Waals surface area contributed by atoms with Crippen LogP contribution in [0.1, 0.15) is 64.7 Å². The minimum Gasteiger partial charge on any atom is -0.430 e. The Morgan fingerprint density at radius 3 is 2.29 bits per heavy atom. The van der Waals surface area contributed by atoms with Gasteiger partial charge in [-0.1, -0.05) is 64.5 Å². The van der Waals surface area contributed by atoms with Crippen LogP contribution in [0, 0.1) is 0 Å². The molecule has 122 valence electrons. The smallest absolute Gasteiger partial charge is 0.332 e. The largest absolute Gasteiger partial charge is 0.430 e. The molecule has 0 bridgehead atoms. The lowest BCUT2D eigenvalue weighted by molar-refractivity contribution is -0.212. The van der Waals surface area contributed by atoms with Gasteiger partial charge in [-0.3, -0.25) is 0 Å². The molecular weight excluding hydrogens is 268 g/mol. The lowest BCUT2D eigenvalue weighted by atomic mass is 9.91. The molecule has 0 heterocycles. The molecule has 0 fully saturated rings. The van der Waals surface area contributed by atoms with Crippen molar-refractivity contribution < 1.29 is 19.7 Å². The summed E-state index contributed by atoms with van der Waals surface area (Å²) >= 11 is 0. The Morgan fingerprint density at radius 2 is 1.76 bits per heavy atom. The van der Waals surface area contributed by atoms with E-state index in [4.69, 9.17) is 4.74 Å². The van der Waals surface area contributed by atoms with E-state index >= 15 is 0 Å². The molecule has 0 rings (SSSR count). The average molecular weight is 298 g/mol. The van der Waals surface area contributed by atoms with Crippen molar-refractivity contribution in [3.05, 3.63) is 25.3 Å². The molecule has 4 nitrogen and oxygen atoms in total. The summed E-state index contributed by atoms with van der Waals surface area (Å²) < 4.78 is 4.73. The third-order valence-corrected chi connectivity index (χ3v) is 3.57. The molecule has 0 aromatic rings. The predicted octanol–water partition coefficient (Wildman–Crippen LogP) is 3.48. The fraction of sp³-hybridized carbons (Fsp3) is 0.706. The first-order chi connectivity index (χ1) is 10.00. The van der Waals surface area contributed by atoms with Crippen LogP contribution < -0.4 is 0 Å². The van der Waals surface area contributed by atoms with Crippen LogP contribution in [-0.2, 0) is 9.53 Å². The van der Waals surface area contributed by atoms with Gasteiger partial charge in [-0.2, -0.15) is 0 Å². The van der Waals surface area contributed by atoms with E-state index in [1.54, 1.807) is 0 Å². The van der Waals surface area contributed by atoms with Gasteiger partial charge in [-0.25, -0.2) is 4.79 Å². The number of hydrogen-bond donors (Lipinski definition) is 2.